The van der Waals surface area contributed by atoms with Crippen LogP contribution in [0.3, 0.4) is 0 Å². The number of nitrogens with zero attached hydrogens (tertiary/aromatic N) is 3. The van der Waals surface area contributed by atoms with Crippen LogP contribution in [0.25, 0.3) is 20.9 Å². The van der Waals surface area contributed by atoms with Crippen LogP contribution in [0, 0.1) is 0 Å². The number of hydrogen-bond donors (Lipinski definition) is 0. The number of benzene rings is 1. The Hall–Kier alpha value is -1.62. The van der Waals surface area contributed by atoms with Crippen molar-refractivity contribution in [2.45, 2.75) is 24.6 Å². The molecular weight excluding hydrogens is 454 g/mol. The quantitative estimate of drug-likeness (QED) is 0.505. The third-order valence-corrected chi connectivity index (χ3v) is 8.98. The zero-order valence-corrected chi connectivity index (χ0v) is 18.7. The van der Waals surface area contributed by atoms with E-state index < -0.39 is 9.84 Å². The summed E-state index contributed by atoms with van der Waals surface area (Å²) in [5.41, 5.74) is 0. The van der Waals surface area contributed by atoms with Crippen LogP contribution in [0.4, 0.5) is 0 Å². The third-order valence-electron chi connectivity index (χ3n) is 4.76. The summed E-state index contributed by atoms with van der Waals surface area (Å²) in [6.07, 6.45) is 0.488. The highest BCUT2D eigenvalue weighted by atomic mass is 35.5. The molecule has 1 aliphatic rings. The molecule has 1 amide bonds. The lowest BCUT2D eigenvalue weighted by atomic mass is 10.2. The number of thioether (sulfide) groups is 1. The van der Waals surface area contributed by atoms with Gasteiger partial charge in [0.15, 0.2) is 9.84 Å². The first kappa shape index (κ1) is 20.6. The Balaban J connectivity index is 1.44. The number of sulfone groups is 1. The second kappa shape index (κ2) is 8.25. The molecule has 3 heterocycles. The molecule has 0 radical (unpaired) electrons. The van der Waals surface area contributed by atoms with Crippen LogP contribution in [0.15, 0.2) is 33.9 Å². The number of amides is 1. The van der Waals surface area contributed by atoms with Crippen LogP contribution in [-0.4, -0.2) is 59.3 Å². The van der Waals surface area contributed by atoms with Crippen molar-refractivity contribution >= 4 is 60.5 Å². The smallest absolute Gasteiger partial charge is 0.277 e. The molecule has 1 atom stereocenters. The molecule has 0 saturated carbocycles. The van der Waals surface area contributed by atoms with E-state index in [1.165, 1.54) is 11.3 Å². The Morgan fingerprint density at radius 2 is 2.17 bits per heavy atom. The van der Waals surface area contributed by atoms with Gasteiger partial charge in [-0.3, -0.25) is 4.79 Å². The first-order valence-corrected chi connectivity index (χ1v) is 13.0. The molecule has 0 N–H and O–H groups in total. The van der Waals surface area contributed by atoms with Crippen LogP contribution in [-0.2, 0) is 14.6 Å². The van der Waals surface area contributed by atoms with Gasteiger partial charge in [0.2, 0.25) is 5.91 Å². The summed E-state index contributed by atoms with van der Waals surface area (Å²) >= 11 is 9.06. The highest BCUT2D eigenvalue weighted by Gasteiger charge is 2.34. The molecule has 4 rings (SSSR count). The van der Waals surface area contributed by atoms with Gasteiger partial charge < -0.3 is 9.32 Å². The summed E-state index contributed by atoms with van der Waals surface area (Å²) in [6.45, 7) is 2.31. The second-order valence-electron chi connectivity index (χ2n) is 6.64. The average Bonchev–Trinajstić information content (AvgIpc) is 3.39. The normalized spacial score (nSPS) is 18.3. The van der Waals surface area contributed by atoms with Gasteiger partial charge in [0.25, 0.3) is 11.1 Å². The van der Waals surface area contributed by atoms with E-state index in [-0.39, 0.29) is 34.4 Å². The molecular formula is C18H18ClN3O4S3. The zero-order chi connectivity index (χ0) is 20.6. The van der Waals surface area contributed by atoms with Gasteiger partial charge in [-0.1, -0.05) is 41.6 Å². The minimum Gasteiger partial charge on any atom is -0.410 e. The number of halogens is 1. The topological polar surface area (TPSA) is 93.4 Å². The van der Waals surface area contributed by atoms with Gasteiger partial charge in [-0.2, -0.15) is 0 Å². The average molecular weight is 472 g/mol. The summed E-state index contributed by atoms with van der Waals surface area (Å²) in [7, 11) is -3.05. The fourth-order valence-electron chi connectivity index (χ4n) is 3.38. The minimum absolute atomic E-state index is 0.0341. The molecule has 1 aliphatic heterocycles. The maximum absolute atomic E-state index is 12.6. The second-order valence-corrected chi connectivity index (χ2v) is 11.2. The summed E-state index contributed by atoms with van der Waals surface area (Å²) in [5.74, 6) is 0.454. The van der Waals surface area contributed by atoms with E-state index in [4.69, 9.17) is 16.0 Å². The number of hydrogen-bond acceptors (Lipinski definition) is 8. The lowest BCUT2D eigenvalue weighted by Crippen LogP contribution is -2.41. The van der Waals surface area contributed by atoms with Gasteiger partial charge in [0.1, 0.15) is 4.88 Å². The Labute approximate surface area is 181 Å². The predicted molar refractivity (Wildman–Crippen MR) is 115 cm³/mol. The van der Waals surface area contributed by atoms with Crippen molar-refractivity contribution in [3.05, 3.63) is 29.3 Å². The summed E-state index contributed by atoms with van der Waals surface area (Å²) in [4.78, 5) is 14.9. The molecule has 154 valence electrons. The highest BCUT2D eigenvalue weighted by Crippen LogP contribution is 2.41. The third kappa shape index (κ3) is 4.30. The fraction of sp³-hybridized carbons (Fsp3) is 0.389. The van der Waals surface area contributed by atoms with Crippen molar-refractivity contribution in [1.29, 1.82) is 0 Å². The van der Waals surface area contributed by atoms with Gasteiger partial charge >= 0.3 is 0 Å². The number of rotatable bonds is 6. The molecule has 7 nitrogen and oxygen atoms in total. The fourth-order valence-corrected chi connectivity index (χ4v) is 7.19. The first-order chi connectivity index (χ1) is 13.9. The van der Waals surface area contributed by atoms with E-state index in [9.17, 15) is 13.2 Å². The highest BCUT2D eigenvalue weighted by molar-refractivity contribution is 7.99. The number of aromatic nitrogens is 2. The van der Waals surface area contributed by atoms with Crippen LogP contribution >= 0.6 is 34.7 Å². The van der Waals surface area contributed by atoms with Crippen molar-refractivity contribution in [1.82, 2.24) is 15.1 Å². The molecule has 1 saturated heterocycles. The molecule has 1 fully saturated rings. The van der Waals surface area contributed by atoms with E-state index in [0.717, 1.165) is 21.8 Å². The lowest BCUT2D eigenvalue weighted by Gasteiger charge is -2.26. The Kier molecular flexibility index (Phi) is 5.87. The van der Waals surface area contributed by atoms with Crippen molar-refractivity contribution in [2.24, 2.45) is 0 Å². The predicted octanol–water partition coefficient (Wildman–Crippen LogP) is 3.73. The van der Waals surface area contributed by atoms with E-state index in [1.807, 2.05) is 31.2 Å². The molecule has 29 heavy (non-hydrogen) atoms. The maximum Gasteiger partial charge on any atom is 0.277 e. The standard InChI is InChI=1S/C18H18ClN3O4S3/c1-2-22(11-7-8-29(24,25)10-11)14(23)9-27-18-21-20-17(26-18)16-15(19)12-5-3-4-6-13(12)28-16/h3-6,11H,2,7-10H2,1H3/t11-/m0/s1. The number of thiophene rings is 1. The number of fused-ring (bicyclic) bond motifs is 1. The molecule has 3 aromatic rings. The van der Waals surface area contributed by atoms with E-state index in [1.54, 1.807) is 4.90 Å². The molecule has 11 heteroatoms. The van der Waals surface area contributed by atoms with Crippen LogP contribution in [0.1, 0.15) is 13.3 Å². The molecule has 0 unspecified atom stereocenters. The van der Waals surface area contributed by atoms with E-state index in [0.29, 0.717) is 28.8 Å². The number of carbonyl (C=O) groups is 1. The van der Waals surface area contributed by atoms with Crippen LogP contribution in [0.5, 0.6) is 0 Å². The Morgan fingerprint density at radius 3 is 2.86 bits per heavy atom. The summed E-state index contributed by atoms with van der Waals surface area (Å²) < 4.78 is 30.1. The van der Waals surface area contributed by atoms with E-state index in [2.05, 4.69) is 10.2 Å². The molecule has 0 bridgehead atoms. The van der Waals surface area contributed by atoms with Gasteiger partial charge in [-0.25, -0.2) is 8.42 Å². The summed E-state index contributed by atoms with van der Waals surface area (Å²) in [5, 5.41) is 9.85. The summed E-state index contributed by atoms with van der Waals surface area (Å²) in [6, 6.07) is 7.51. The Morgan fingerprint density at radius 1 is 1.38 bits per heavy atom. The number of carbonyl (C=O) groups excluding carboxylic acids is 1. The van der Waals surface area contributed by atoms with Gasteiger partial charge in [0, 0.05) is 22.7 Å². The Bertz CT molecular complexity index is 1160. The van der Waals surface area contributed by atoms with Crippen molar-refractivity contribution in [3.8, 4) is 10.8 Å². The zero-order valence-electron chi connectivity index (χ0n) is 15.5. The van der Waals surface area contributed by atoms with Gasteiger partial charge in [0.05, 0.1) is 22.3 Å². The minimum atomic E-state index is -3.05. The van der Waals surface area contributed by atoms with Crippen LogP contribution in [0.2, 0.25) is 5.02 Å². The monoisotopic (exact) mass is 471 g/mol. The maximum atomic E-state index is 12.6. The molecule has 2 aromatic heterocycles. The van der Waals surface area contributed by atoms with Crippen molar-refractivity contribution in [2.75, 3.05) is 23.8 Å². The van der Waals surface area contributed by atoms with Crippen molar-refractivity contribution in [3.63, 3.8) is 0 Å². The van der Waals surface area contributed by atoms with E-state index >= 15 is 0 Å². The van der Waals surface area contributed by atoms with Crippen LogP contribution < -0.4 is 0 Å². The largest absolute Gasteiger partial charge is 0.410 e. The van der Waals surface area contributed by atoms with Crippen molar-refractivity contribution < 1.29 is 17.6 Å². The lowest BCUT2D eigenvalue weighted by molar-refractivity contribution is -0.129. The molecule has 0 spiro atoms. The van der Waals surface area contributed by atoms with Gasteiger partial charge in [-0.15, -0.1) is 21.5 Å². The SMILES string of the molecule is CCN(C(=O)CSc1nnc(-c2sc3ccccc3c2Cl)o1)[C@H]1CCS(=O)(=O)C1. The van der Waals surface area contributed by atoms with Gasteiger partial charge in [-0.05, 0) is 19.4 Å². The molecule has 1 aromatic carbocycles. The molecule has 0 aliphatic carbocycles. The first-order valence-electron chi connectivity index (χ1n) is 9.01.